The van der Waals surface area contributed by atoms with Gasteiger partial charge in [-0.2, -0.15) is 11.8 Å². The van der Waals surface area contributed by atoms with Crippen LogP contribution in [0.15, 0.2) is 42.7 Å². The Balaban J connectivity index is 0.778. The highest BCUT2D eigenvalue weighted by molar-refractivity contribution is 8.00. The van der Waals surface area contributed by atoms with Crippen molar-refractivity contribution in [2.75, 3.05) is 77.5 Å². The highest BCUT2D eigenvalue weighted by Gasteiger charge is 2.42. The van der Waals surface area contributed by atoms with E-state index < -0.39 is 0 Å². The van der Waals surface area contributed by atoms with Crippen LogP contribution < -0.4 is 26.6 Å². The van der Waals surface area contributed by atoms with Gasteiger partial charge in [-0.1, -0.05) is 24.6 Å². The van der Waals surface area contributed by atoms with Crippen molar-refractivity contribution in [3.63, 3.8) is 0 Å². The lowest BCUT2D eigenvalue weighted by atomic mass is 9.85. The minimum atomic E-state index is -0.275. The molecule has 0 saturated carbocycles. The largest absolute Gasteiger partial charge is 0.379 e. The van der Waals surface area contributed by atoms with E-state index in [-0.39, 0.29) is 60.8 Å². The first-order chi connectivity index (χ1) is 24.4. The molecule has 5 atom stereocenters. The quantitative estimate of drug-likeness (QED) is 0.0883. The second-order valence-electron chi connectivity index (χ2n) is 12.6. The van der Waals surface area contributed by atoms with E-state index in [9.17, 15) is 19.2 Å². The van der Waals surface area contributed by atoms with Crippen LogP contribution in [-0.2, 0) is 33.3 Å². The maximum Gasteiger partial charge on any atom is 0.315 e. The summed E-state index contributed by atoms with van der Waals surface area (Å²) in [6.45, 7) is 3.71. The third kappa shape index (κ3) is 11.2. The zero-order chi connectivity index (χ0) is 35.1. The fraction of sp³-hybridized carbons (Fsp3) is 0.600. The van der Waals surface area contributed by atoms with Gasteiger partial charge in [-0.05, 0) is 42.3 Å². The van der Waals surface area contributed by atoms with Gasteiger partial charge in [0.05, 0.1) is 71.4 Å². The number of fused-ring (bicyclic) bond motifs is 2. The lowest BCUT2D eigenvalue weighted by Crippen LogP contribution is -2.46. The van der Waals surface area contributed by atoms with Crippen LogP contribution in [0.1, 0.15) is 37.7 Å². The van der Waals surface area contributed by atoms with Gasteiger partial charge < -0.3 is 50.4 Å². The number of unbranched alkanes of at least 4 members (excludes halogenated alkanes) is 1. The standard InChI is InChI=1S/C35H50N6O8S/c1-41-22-27(26-10-12-37-32(26)34(41)44)24-6-8-25(9-7-24)38-31(43)11-14-46-16-18-48-20-21-49-19-17-47-15-13-36-30(42)5-3-2-4-29-33-28(23-50-29)39-35(45)40-33/h6-10,12,22,26,28-29,32-33,37H,2-5,11,13-21,23H2,1H3,(H,36,42)(H,38,43)(H2,39,40,45)/t26?,28?,29-,32?,33-/m0/s1. The Morgan fingerprint density at radius 3 is 2.32 bits per heavy atom. The minimum Gasteiger partial charge on any atom is -0.379 e. The van der Waals surface area contributed by atoms with Crippen molar-refractivity contribution >= 4 is 46.8 Å². The molecule has 1 aromatic rings. The monoisotopic (exact) mass is 714 g/mol. The SMILES string of the molecule is CN1C=C(c2ccc(NC(=O)CCOCCOCCOCCOCCNC(=O)CCCC[C@@H]3SCC4NC(=O)N[C@@H]43)cc2)C2C=CNC2C1=O. The normalized spacial score (nSPS) is 23.5. The van der Waals surface area contributed by atoms with Gasteiger partial charge >= 0.3 is 6.03 Å². The Morgan fingerprint density at radius 1 is 0.880 bits per heavy atom. The summed E-state index contributed by atoms with van der Waals surface area (Å²) in [5.74, 6) is 0.885. The molecule has 0 spiro atoms. The molecule has 0 bridgehead atoms. The first-order valence-electron chi connectivity index (χ1n) is 17.5. The van der Waals surface area contributed by atoms with E-state index >= 15 is 0 Å². The fourth-order valence-corrected chi connectivity index (χ4v) is 7.90. The van der Waals surface area contributed by atoms with Crippen LogP contribution in [0.3, 0.4) is 0 Å². The van der Waals surface area contributed by atoms with Gasteiger partial charge in [0.1, 0.15) is 6.04 Å². The molecule has 3 unspecified atom stereocenters. The molecule has 50 heavy (non-hydrogen) atoms. The van der Waals surface area contributed by atoms with Crippen LogP contribution in [0, 0.1) is 5.92 Å². The number of likely N-dealkylation sites (N-methyl/N-ethyl adjacent to an activating group) is 1. The molecule has 5 amide bonds. The average Bonchev–Trinajstić information content (AvgIpc) is 3.84. The number of rotatable bonds is 22. The van der Waals surface area contributed by atoms with E-state index in [0.717, 1.165) is 36.2 Å². The number of nitrogens with zero attached hydrogens (tertiary/aromatic N) is 1. The van der Waals surface area contributed by atoms with Crippen molar-refractivity contribution in [3.05, 3.63) is 48.3 Å². The maximum atomic E-state index is 12.4. The fourth-order valence-electron chi connectivity index (χ4n) is 6.35. The molecule has 4 aliphatic heterocycles. The number of carbonyl (C=O) groups excluding carboxylic acids is 4. The van der Waals surface area contributed by atoms with E-state index in [4.69, 9.17) is 18.9 Å². The molecule has 1 aromatic carbocycles. The van der Waals surface area contributed by atoms with Crippen LogP contribution in [0.2, 0.25) is 0 Å². The van der Waals surface area contributed by atoms with Crippen molar-refractivity contribution < 1.29 is 38.1 Å². The van der Waals surface area contributed by atoms with Crippen LogP contribution in [0.5, 0.6) is 0 Å². The van der Waals surface area contributed by atoms with Crippen LogP contribution in [0.4, 0.5) is 10.5 Å². The Morgan fingerprint density at radius 2 is 1.58 bits per heavy atom. The summed E-state index contributed by atoms with van der Waals surface area (Å²) in [4.78, 5) is 49.9. The summed E-state index contributed by atoms with van der Waals surface area (Å²) in [7, 11) is 1.76. The van der Waals surface area contributed by atoms with Crippen molar-refractivity contribution in [1.82, 2.24) is 26.2 Å². The summed E-state index contributed by atoms with van der Waals surface area (Å²) >= 11 is 1.90. The molecule has 5 N–H and O–H groups in total. The predicted octanol–water partition coefficient (Wildman–Crippen LogP) is 1.84. The molecule has 274 valence electrons. The summed E-state index contributed by atoms with van der Waals surface area (Å²) < 4.78 is 22.0. The number of ether oxygens (including phenoxy) is 4. The zero-order valence-electron chi connectivity index (χ0n) is 28.7. The number of amides is 5. The van der Waals surface area contributed by atoms with Gasteiger partial charge in [-0.25, -0.2) is 4.79 Å². The number of urea groups is 1. The van der Waals surface area contributed by atoms with Crippen molar-refractivity contribution in [1.29, 1.82) is 0 Å². The second-order valence-corrected chi connectivity index (χ2v) is 13.9. The first-order valence-corrected chi connectivity index (χ1v) is 18.5. The first kappa shape index (κ1) is 37.6. The van der Waals surface area contributed by atoms with Gasteiger partial charge in [-0.3, -0.25) is 14.4 Å². The molecule has 4 aliphatic rings. The van der Waals surface area contributed by atoms with Crippen molar-refractivity contribution in [2.24, 2.45) is 5.92 Å². The molecule has 2 fully saturated rings. The van der Waals surface area contributed by atoms with Crippen LogP contribution in [-0.4, -0.2) is 124 Å². The number of hydrogen-bond acceptors (Lipinski definition) is 10. The number of carbonyl (C=O) groups is 4. The average molecular weight is 715 g/mol. The summed E-state index contributed by atoms with van der Waals surface area (Å²) in [5.41, 5.74) is 2.76. The van der Waals surface area contributed by atoms with Gasteiger partial charge in [0.2, 0.25) is 17.7 Å². The second kappa shape index (κ2) is 19.7. The zero-order valence-corrected chi connectivity index (χ0v) is 29.5. The van der Waals surface area contributed by atoms with Gasteiger partial charge in [0.15, 0.2) is 0 Å². The molecule has 4 heterocycles. The number of thioether (sulfide) groups is 1. The lowest BCUT2D eigenvalue weighted by Gasteiger charge is -2.31. The highest BCUT2D eigenvalue weighted by atomic mass is 32.2. The molecular weight excluding hydrogens is 664 g/mol. The van der Waals surface area contributed by atoms with E-state index in [1.807, 2.05) is 54.5 Å². The Kier molecular flexibility index (Phi) is 14.8. The Bertz CT molecular complexity index is 1360. The molecule has 0 aliphatic carbocycles. The van der Waals surface area contributed by atoms with Gasteiger partial charge in [0, 0.05) is 48.8 Å². The van der Waals surface area contributed by atoms with Crippen LogP contribution in [0.25, 0.3) is 5.57 Å². The Labute approximate surface area is 297 Å². The summed E-state index contributed by atoms with van der Waals surface area (Å²) in [6.07, 6.45) is 9.24. The molecule has 0 radical (unpaired) electrons. The summed E-state index contributed by atoms with van der Waals surface area (Å²) in [6, 6.07) is 7.74. The molecular formula is C35H50N6O8S. The van der Waals surface area contributed by atoms with Crippen molar-refractivity contribution in [3.8, 4) is 0 Å². The van der Waals surface area contributed by atoms with E-state index in [2.05, 4.69) is 26.6 Å². The highest BCUT2D eigenvalue weighted by Crippen LogP contribution is 2.35. The molecule has 0 aromatic heterocycles. The van der Waals surface area contributed by atoms with E-state index in [1.54, 1.807) is 11.9 Å². The van der Waals surface area contributed by atoms with Gasteiger partial charge in [0.25, 0.3) is 0 Å². The van der Waals surface area contributed by atoms with Gasteiger partial charge in [-0.15, -0.1) is 0 Å². The predicted molar refractivity (Wildman–Crippen MR) is 190 cm³/mol. The minimum absolute atomic E-state index is 0.00817. The third-order valence-corrected chi connectivity index (χ3v) is 10.5. The van der Waals surface area contributed by atoms with Crippen LogP contribution >= 0.6 is 11.8 Å². The summed E-state index contributed by atoms with van der Waals surface area (Å²) in [5, 5.41) is 15.3. The number of benzene rings is 1. The number of nitrogens with one attached hydrogen (secondary N) is 5. The molecule has 2 saturated heterocycles. The topological polar surface area (TPSA) is 169 Å². The lowest BCUT2D eigenvalue weighted by molar-refractivity contribution is -0.130. The van der Waals surface area contributed by atoms with E-state index in [0.29, 0.717) is 70.2 Å². The molecule has 15 heteroatoms. The smallest absolute Gasteiger partial charge is 0.315 e. The molecule has 14 nitrogen and oxygen atoms in total. The number of anilines is 1. The third-order valence-electron chi connectivity index (χ3n) is 8.98. The molecule has 5 rings (SSSR count). The maximum absolute atomic E-state index is 12.4. The number of hydrogen-bond donors (Lipinski definition) is 5. The van der Waals surface area contributed by atoms with Crippen molar-refractivity contribution in [2.45, 2.75) is 55.5 Å². The Hall–Kier alpha value is -3.63. The van der Waals surface area contributed by atoms with E-state index in [1.165, 1.54) is 0 Å².